The fourth-order valence-corrected chi connectivity index (χ4v) is 0.450. The third kappa shape index (κ3) is 4.97. The molecule has 0 aromatic carbocycles. The molecule has 0 fully saturated rings. The van der Waals surface area contributed by atoms with Gasteiger partial charge in [0.1, 0.15) is 0 Å². The molecule has 0 radical (unpaired) electrons. The van der Waals surface area contributed by atoms with Crippen molar-refractivity contribution >= 4 is 34.9 Å². The van der Waals surface area contributed by atoms with Gasteiger partial charge in [-0.2, -0.15) is 4.13 Å². The summed E-state index contributed by atoms with van der Waals surface area (Å²) in [4.78, 5) is 0. The fraction of sp³-hybridized carbons (Fsp3) is 0. The van der Waals surface area contributed by atoms with Crippen LogP contribution in [-0.4, -0.2) is 4.55 Å². The lowest BCUT2D eigenvalue weighted by molar-refractivity contribution is 0.663. The van der Waals surface area contributed by atoms with Crippen molar-refractivity contribution in [2.24, 2.45) is 0 Å². The Hall–Kier alpha value is 0.970. The molecule has 0 bridgehead atoms. The van der Waals surface area contributed by atoms with Gasteiger partial charge in [0.15, 0.2) is 0 Å². The molecule has 0 aliphatic heterocycles. The highest BCUT2D eigenvalue weighted by atomic mass is 33.1. The first-order valence-corrected chi connectivity index (χ1v) is 3.42. The number of thiol groups is 1. The number of nitrogens with one attached hydrogen (secondary N) is 1. The zero-order chi connectivity index (χ0) is 4.12. The van der Waals surface area contributed by atoms with Crippen molar-refractivity contribution in [2.75, 3.05) is 0 Å². The minimum atomic E-state index is 0.538. The molecule has 0 aliphatic carbocycles. The topological polar surface area (TPSA) is 32.3 Å². The average Bonchev–Trinajstić information content (AvgIpc) is 1.41. The van der Waals surface area contributed by atoms with Crippen LogP contribution in [0.5, 0.6) is 0 Å². The van der Waals surface area contributed by atoms with E-state index in [1.807, 2.05) is 0 Å². The first-order chi connectivity index (χ1) is 2.41. The molecule has 2 nitrogen and oxygen atoms in total. The van der Waals surface area contributed by atoms with Crippen molar-refractivity contribution in [3.8, 4) is 0 Å². The first-order valence-electron chi connectivity index (χ1n) is 0.773. The molecule has 0 aromatic rings. The summed E-state index contributed by atoms with van der Waals surface area (Å²) >= 11 is 4.16. The van der Waals surface area contributed by atoms with E-state index in [9.17, 15) is 0 Å². The molecular weight excluding hydrogens is 126 g/mol. The van der Waals surface area contributed by atoms with Crippen LogP contribution in [0.1, 0.15) is 0 Å². The zero-order valence-electron chi connectivity index (χ0n) is 2.21. The van der Waals surface area contributed by atoms with Crippen LogP contribution in [0.25, 0.3) is 0 Å². The second-order valence-corrected chi connectivity index (χ2v) is 1.85. The normalized spacial score (nSPS) is 8.40. The van der Waals surface area contributed by atoms with Gasteiger partial charge in [-0.15, -0.1) is 0 Å². The maximum Gasteiger partial charge on any atom is 0.0877 e. The lowest BCUT2D eigenvalue weighted by Gasteiger charge is -1.81. The summed E-state index contributed by atoms with van der Waals surface area (Å²) < 4.78 is 10.2. The van der Waals surface area contributed by atoms with Gasteiger partial charge in [-0.1, -0.05) is 11.7 Å². The molecule has 2 N–H and O–H groups in total. The van der Waals surface area contributed by atoms with E-state index in [2.05, 4.69) is 15.8 Å². The molecular formula is H3NOS3. The molecule has 0 saturated heterocycles. The maximum absolute atomic E-state index is 7.80. The van der Waals surface area contributed by atoms with Gasteiger partial charge in [-0.3, -0.25) is 0 Å². The van der Waals surface area contributed by atoms with Gasteiger partial charge >= 0.3 is 0 Å². The highest BCUT2D eigenvalue weighted by molar-refractivity contribution is 8.69. The summed E-state index contributed by atoms with van der Waals surface area (Å²) in [5.41, 5.74) is 0. The molecule has 5 heteroatoms. The molecule has 0 aromatic heterocycles. The zero-order valence-corrected chi connectivity index (χ0v) is 4.74. The summed E-state index contributed by atoms with van der Waals surface area (Å²) in [5.74, 6) is 0. The van der Waals surface area contributed by atoms with Gasteiger partial charge in [0.05, 0.1) is 12.2 Å². The van der Waals surface area contributed by atoms with Crippen LogP contribution in [-0.2, 0) is 0 Å². The predicted molar refractivity (Wildman–Crippen MR) is 29.9 cm³/mol. The third-order valence-corrected chi connectivity index (χ3v) is 1.34. The molecule has 0 atom stereocenters. The summed E-state index contributed by atoms with van der Waals surface area (Å²) in [5, 5.41) is 0. The molecule has 0 saturated carbocycles. The largest absolute Gasteiger partial charge is 0.316 e. The molecule has 0 amide bonds. The minimum absolute atomic E-state index is 0.538. The van der Waals surface area contributed by atoms with E-state index in [0.29, 0.717) is 12.2 Å². The van der Waals surface area contributed by atoms with Gasteiger partial charge in [0.25, 0.3) is 0 Å². The first kappa shape index (κ1) is 5.97. The molecule has 0 rings (SSSR count). The van der Waals surface area contributed by atoms with Crippen LogP contribution in [0.15, 0.2) is 0 Å². The van der Waals surface area contributed by atoms with Gasteiger partial charge in [-0.25, -0.2) is 0 Å². The van der Waals surface area contributed by atoms with Gasteiger partial charge in [-0.05, 0) is 11.0 Å². The van der Waals surface area contributed by atoms with E-state index in [1.165, 1.54) is 0 Å². The van der Waals surface area contributed by atoms with Crippen molar-refractivity contribution in [3.05, 3.63) is 0 Å². The van der Waals surface area contributed by atoms with E-state index in [1.54, 1.807) is 0 Å². The van der Waals surface area contributed by atoms with Crippen LogP contribution >= 0.6 is 34.9 Å². The maximum atomic E-state index is 7.80. The number of rotatable bonds is 2. The standard InChI is InChI=1S/H3NOS3/c2-4-1-5-3/h1-3H. The Bertz CT molecular complexity index is 14.4. The minimum Gasteiger partial charge on any atom is -0.316 e. The van der Waals surface area contributed by atoms with Crippen LogP contribution in [0.4, 0.5) is 0 Å². The van der Waals surface area contributed by atoms with Gasteiger partial charge in [0, 0.05) is 0 Å². The average molecular weight is 129 g/mol. The second-order valence-electron chi connectivity index (χ2n) is 0.266. The Morgan fingerprint density at radius 1 is 1.80 bits per heavy atom. The van der Waals surface area contributed by atoms with Crippen LogP contribution in [0.3, 0.4) is 0 Å². The Labute approximate surface area is 44.0 Å². The van der Waals surface area contributed by atoms with E-state index < -0.39 is 0 Å². The molecule has 0 unspecified atom stereocenters. The summed E-state index contributed by atoms with van der Waals surface area (Å²) in [6.45, 7) is 0. The van der Waals surface area contributed by atoms with E-state index in [4.69, 9.17) is 4.55 Å². The molecule has 0 heterocycles. The second kappa shape index (κ2) is 4.97. The van der Waals surface area contributed by atoms with E-state index in [0.717, 1.165) is 11.0 Å². The van der Waals surface area contributed by atoms with Gasteiger partial charge in [0.2, 0.25) is 0 Å². The molecule has 0 spiro atoms. The smallest absolute Gasteiger partial charge is 0.0877 e. The quantitative estimate of drug-likeness (QED) is 0.226. The fourth-order valence-electron chi connectivity index (χ4n) is 0.0167. The van der Waals surface area contributed by atoms with Crippen molar-refractivity contribution in [1.29, 1.82) is 0 Å². The number of hydrogen-bond donors (Lipinski definition) is 3. The summed E-state index contributed by atoms with van der Waals surface area (Å²) in [7, 11) is 1.06. The molecule has 5 heavy (non-hydrogen) atoms. The molecule has 0 aliphatic rings. The van der Waals surface area contributed by atoms with E-state index >= 15 is 0 Å². The Morgan fingerprint density at radius 2 is 2.40 bits per heavy atom. The Balaban J connectivity index is 2.19. The van der Waals surface area contributed by atoms with Crippen molar-refractivity contribution < 1.29 is 4.55 Å². The van der Waals surface area contributed by atoms with E-state index in [-0.39, 0.29) is 0 Å². The monoisotopic (exact) mass is 129 g/mol. The summed E-state index contributed by atoms with van der Waals surface area (Å²) in [6.07, 6.45) is 0. The Kier molecular flexibility index (Phi) is 5.93. The van der Waals surface area contributed by atoms with Crippen LogP contribution in [0.2, 0.25) is 0 Å². The molecule has 32 valence electrons. The summed E-state index contributed by atoms with van der Waals surface area (Å²) in [6, 6.07) is 0. The van der Waals surface area contributed by atoms with Gasteiger partial charge < -0.3 is 4.55 Å². The van der Waals surface area contributed by atoms with Crippen molar-refractivity contribution in [3.63, 3.8) is 0 Å². The highest BCUT2D eigenvalue weighted by Crippen LogP contribution is 2.00. The third-order valence-electron chi connectivity index (χ3n) is 0.0745. The van der Waals surface area contributed by atoms with Crippen LogP contribution < -0.4 is 4.13 Å². The lowest BCUT2D eigenvalue weighted by atomic mass is 13.9. The highest BCUT2D eigenvalue weighted by Gasteiger charge is 1.67. The van der Waals surface area contributed by atoms with Crippen LogP contribution in [0, 0.1) is 0 Å². The number of hydrogen-bond acceptors (Lipinski definition) is 5. The van der Waals surface area contributed by atoms with Crippen molar-refractivity contribution in [2.45, 2.75) is 0 Å². The van der Waals surface area contributed by atoms with Crippen molar-refractivity contribution in [1.82, 2.24) is 4.13 Å². The Morgan fingerprint density at radius 3 is 2.40 bits per heavy atom. The lowest BCUT2D eigenvalue weighted by Crippen LogP contribution is -1.78. The SMILES string of the molecule is OSNSS. The predicted octanol–water partition coefficient (Wildman–Crippen LogP) is 1.19.